The molecule has 0 spiro atoms. The highest BCUT2D eigenvalue weighted by Crippen LogP contribution is 2.28. The Labute approximate surface area is 122 Å². The zero-order chi connectivity index (χ0) is 13.8. The summed E-state index contributed by atoms with van der Waals surface area (Å²) in [5, 5.41) is 12.8. The van der Waals surface area contributed by atoms with Crippen molar-refractivity contribution in [3.8, 4) is 0 Å². The number of fused-ring (bicyclic) bond motifs is 1. The summed E-state index contributed by atoms with van der Waals surface area (Å²) in [6.07, 6.45) is 1.52. The van der Waals surface area contributed by atoms with Crippen LogP contribution in [0.4, 0.5) is 0 Å². The SMILES string of the molecule is CCCC(CN)C(O)c1ccc2cc(Br)ccc2c1. The predicted molar refractivity (Wildman–Crippen MR) is 84.1 cm³/mol. The fraction of sp³-hybridized carbons (Fsp3) is 0.375. The Bertz CT molecular complexity index is 555. The highest BCUT2D eigenvalue weighted by molar-refractivity contribution is 9.10. The van der Waals surface area contributed by atoms with Gasteiger partial charge in [0.2, 0.25) is 0 Å². The summed E-state index contributed by atoms with van der Waals surface area (Å²) in [6.45, 7) is 2.64. The lowest BCUT2D eigenvalue weighted by molar-refractivity contribution is 0.107. The first-order valence-corrected chi connectivity index (χ1v) is 7.52. The van der Waals surface area contributed by atoms with Crippen molar-refractivity contribution in [3.05, 3.63) is 46.4 Å². The molecule has 2 unspecified atom stereocenters. The van der Waals surface area contributed by atoms with Crippen molar-refractivity contribution in [3.63, 3.8) is 0 Å². The molecule has 0 saturated heterocycles. The van der Waals surface area contributed by atoms with Gasteiger partial charge in [0, 0.05) is 10.4 Å². The average Bonchev–Trinajstić information content (AvgIpc) is 2.43. The first kappa shape index (κ1) is 14.5. The van der Waals surface area contributed by atoms with E-state index < -0.39 is 6.10 Å². The van der Waals surface area contributed by atoms with E-state index in [0.29, 0.717) is 6.54 Å². The van der Waals surface area contributed by atoms with Crippen molar-refractivity contribution in [2.24, 2.45) is 11.7 Å². The van der Waals surface area contributed by atoms with Crippen LogP contribution in [0.5, 0.6) is 0 Å². The Morgan fingerprint density at radius 1 is 1.16 bits per heavy atom. The van der Waals surface area contributed by atoms with E-state index in [1.165, 1.54) is 5.39 Å². The Kier molecular flexibility index (Phi) is 4.97. The summed E-state index contributed by atoms with van der Waals surface area (Å²) in [5.41, 5.74) is 6.72. The molecule has 0 aliphatic heterocycles. The molecule has 2 rings (SSSR count). The van der Waals surface area contributed by atoms with E-state index in [-0.39, 0.29) is 5.92 Å². The summed E-state index contributed by atoms with van der Waals surface area (Å²) in [6, 6.07) is 12.3. The molecule has 2 aromatic carbocycles. The number of benzene rings is 2. The highest BCUT2D eigenvalue weighted by atomic mass is 79.9. The van der Waals surface area contributed by atoms with Crippen molar-refractivity contribution >= 4 is 26.7 Å². The Morgan fingerprint density at radius 3 is 2.53 bits per heavy atom. The zero-order valence-electron chi connectivity index (χ0n) is 11.1. The molecular formula is C16H20BrNO. The third-order valence-corrected chi connectivity index (χ3v) is 4.07. The van der Waals surface area contributed by atoms with Crippen LogP contribution in [0.2, 0.25) is 0 Å². The van der Waals surface area contributed by atoms with Crippen LogP contribution in [0.25, 0.3) is 10.8 Å². The Hall–Kier alpha value is -0.900. The maximum absolute atomic E-state index is 10.4. The normalized spacial score (nSPS) is 14.5. The van der Waals surface area contributed by atoms with Gasteiger partial charge in [-0.25, -0.2) is 0 Å². The lowest BCUT2D eigenvalue weighted by Gasteiger charge is -2.21. The van der Waals surface area contributed by atoms with Gasteiger partial charge in [0.25, 0.3) is 0 Å². The first-order chi connectivity index (χ1) is 9.15. The Balaban J connectivity index is 2.32. The molecule has 0 bridgehead atoms. The van der Waals surface area contributed by atoms with E-state index in [4.69, 9.17) is 5.73 Å². The molecule has 0 saturated carbocycles. The van der Waals surface area contributed by atoms with Gasteiger partial charge in [-0.2, -0.15) is 0 Å². The Morgan fingerprint density at radius 2 is 1.84 bits per heavy atom. The third-order valence-electron chi connectivity index (χ3n) is 3.58. The van der Waals surface area contributed by atoms with Crippen LogP contribution in [-0.2, 0) is 0 Å². The van der Waals surface area contributed by atoms with Gasteiger partial charge in [0.1, 0.15) is 0 Å². The molecule has 0 heterocycles. The van der Waals surface area contributed by atoms with Gasteiger partial charge < -0.3 is 10.8 Å². The molecule has 2 aromatic rings. The monoisotopic (exact) mass is 321 g/mol. The molecule has 0 radical (unpaired) electrons. The van der Waals surface area contributed by atoms with Crippen LogP contribution in [0.3, 0.4) is 0 Å². The third kappa shape index (κ3) is 3.35. The molecule has 2 nitrogen and oxygen atoms in total. The number of halogens is 1. The van der Waals surface area contributed by atoms with Crippen LogP contribution in [-0.4, -0.2) is 11.7 Å². The topological polar surface area (TPSA) is 46.2 Å². The largest absolute Gasteiger partial charge is 0.388 e. The number of rotatable bonds is 5. The van der Waals surface area contributed by atoms with Crippen LogP contribution >= 0.6 is 15.9 Å². The fourth-order valence-corrected chi connectivity index (χ4v) is 2.85. The lowest BCUT2D eigenvalue weighted by Crippen LogP contribution is -2.21. The van der Waals surface area contributed by atoms with Crippen molar-refractivity contribution in [1.29, 1.82) is 0 Å². The standard InChI is InChI=1S/C16H20BrNO/c1-2-3-14(10-18)16(19)13-5-4-12-9-15(17)7-6-11(12)8-13/h4-9,14,16,19H,2-3,10,18H2,1H3. The summed E-state index contributed by atoms with van der Waals surface area (Å²) in [4.78, 5) is 0. The predicted octanol–water partition coefficient (Wildman–Crippen LogP) is 4.01. The summed E-state index contributed by atoms with van der Waals surface area (Å²) >= 11 is 3.47. The van der Waals surface area contributed by atoms with E-state index in [0.717, 1.165) is 28.3 Å². The smallest absolute Gasteiger partial charge is 0.0830 e. The van der Waals surface area contributed by atoms with Crippen LogP contribution < -0.4 is 5.73 Å². The van der Waals surface area contributed by atoms with Crippen molar-refractivity contribution in [1.82, 2.24) is 0 Å². The van der Waals surface area contributed by atoms with Crippen molar-refractivity contribution in [2.45, 2.75) is 25.9 Å². The maximum atomic E-state index is 10.4. The molecule has 0 aliphatic carbocycles. The molecule has 3 N–H and O–H groups in total. The van der Waals surface area contributed by atoms with Gasteiger partial charge in [-0.15, -0.1) is 0 Å². The van der Waals surface area contributed by atoms with Gasteiger partial charge in [-0.1, -0.05) is 47.5 Å². The van der Waals surface area contributed by atoms with E-state index >= 15 is 0 Å². The lowest BCUT2D eigenvalue weighted by atomic mass is 9.91. The van der Waals surface area contributed by atoms with Crippen molar-refractivity contribution < 1.29 is 5.11 Å². The van der Waals surface area contributed by atoms with Crippen LogP contribution in [0, 0.1) is 5.92 Å². The quantitative estimate of drug-likeness (QED) is 0.874. The molecule has 0 aromatic heterocycles. The maximum Gasteiger partial charge on any atom is 0.0830 e. The number of hydrogen-bond donors (Lipinski definition) is 2. The van der Waals surface area contributed by atoms with E-state index in [1.54, 1.807) is 0 Å². The molecule has 2 atom stereocenters. The minimum Gasteiger partial charge on any atom is -0.388 e. The number of hydrogen-bond acceptors (Lipinski definition) is 2. The summed E-state index contributed by atoms with van der Waals surface area (Å²) < 4.78 is 1.07. The molecule has 3 heteroatoms. The first-order valence-electron chi connectivity index (χ1n) is 6.73. The van der Waals surface area contributed by atoms with Gasteiger partial charge in [-0.3, -0.25) is 0 Å². The molecular weight excluding hydrogens is 302 g/mol. The molecule has 19 heavy (non-hydrogen) atoms. The van der Waals surface area contributed by atoms with Crippen LogP contribution in [0.1, 0.15) is 31.4 Å². The van der Waals surface area contributed by atoms with Crippen molar-refractivity contribution in [2.75, 3.05) is 6.54 Å². The molecule has 0 aliphatic rings. The zero-order valence-corrected chi connectivity index (χ0v) is 12.7. The van der Waals surface area contributed by atoms with Crippen LogP contribution in [0.15, 0.2) is 40.9 Å². The second kappa shape index (κ2) is 6.51. The minimum atomic E-state index is -0.474. The van der Waals surface area contributed by atoms with E-state index in [1.807, 2.05) is 12.1 Å². The molecule has 102 valence electrons. The summed E-state index contributed by atoms with van der Waals surface area (Å²) in [5.74, 6) is 0.137. The van der Waals surface area contributed by atoms with Gasteiger partial charge >= 0.3 is 0 Å². The fourth-order valence-electron chi connectivity index (χ4n) is 2.47. The van der Waals surface area contributed by atoms with Gasteiger partial charge in [0.15, 0.2) is 0 Å². The molecule has 0 amide bonds. The number of nitrogens with two attached hydrogens (primary N) is 1. The number of aliphatic hydroxyl groups is 1. The second-order valence-corrected chi connectivity index (χ2v) is 5.90. The number of aliphatic hydroxyl groups excluding tert-OH is 1. The van der Waals surface area contributed by atoms with Gasteiger partial charge in [0.05, 0.1) is 6.10 Å². The van der Waals surface area contributed by atoms with E-state index in [9.17, 15) is 5.11 Å². The molecule has 0 fully saturated rings. The minimum absolute atomic E-state index is 0.137. The summed E-state index contributed by atoms with van der Waals surface area (Å²) in [7, 11) is 0. The second-order valence-electron chi connectivity index (χ2n) is 4.98. The average molecular weight is 322 g/mol. The highest BCUT2D eigenvalue weighted by Gasteiger charge is 2.18. The van der Waals surface area contributed by atoms with E-state index in [2.05, 4.69) is 47.1 Å². The van der Waals surface area contributed by atoms with Gasteiger partial charge in [-0.05, 0) is 47.5 Å².